The third-order valence-corrected chi connectivity index (χ3v) is 19.7. The van der Waals surface area contributed by atoms with Gasteiger partial charge in [-0.05, 0) is 114 Å². The number of hydrogen-bond donors (Lipinski definition) is 2. The molecule has 2 aliphatic carbocycles. The van der Waals surface area contributed by atoms with Gasteiger partial charge in [0.25, 0.3) is 0 Å². The maximum absolute atomic E-state index is 12.9. The number of amides is 4. The molecule has 1 aromatic heterocycles. The summed E-state index contributed by atoms with van der Waals surface area (Å²) in [6.07, 6.45) is 47.7. The topological polar surface area (TPSA) is 127 Å². The molecule has 3 aromatic carbocycles. The average Bonchev–Trinajstić information content (AvgIpc) is 0.787. The van der Waals surface area contributed by atoms with Gasteiger partial charge in [-0.3, -0.25) is 0 Å². The molecule has 6 rings (SSSR count). The van der Waals surface area contributed by atoms with Crippen LogP contribution in [0.5, 0.6) is 0 Å². The van der Waals surface area contributed by atoms with Crippen molar-refractivity contribution in [2.75, 3.05) is 19.6 Å². The van der Waals surface area contributed by atoms with E-state index in [-0.39, 0.29) is 56.6 Å². The predicted molar refractivity (Wildman–Crippen MR) is 454 cm³/mol. The molecule has 2 saturated carbocycles. The van der Waals surface area contributed by atoms with Crippen LogP contribution in [0.3, 0.4) is 0 Å². The Bertz CT molecular complexity index is 2450. The lowest BCUT2D eigenvalue weighted by molar-refractivity contribution is 0.184. The highest BCUT2D eigenvalue weighted by Crippen LogP contribution is 2.38. The lowest BCUT2D eigenvalue weighted by Gasteiger charge is -2.32. The molecular weight excluding hydrogens is 1260 g/mol. The van der Waals surface area contributed by atoms with Gasteiger partial charge in [-0.1, -0.05) is 400 Å². The number of imide groups is 1. The van der Waals surface area contributed by atoms with Crippen LogP contribution in [-0.4, -0.2) is 50.3 Å². The van der Waals surface area contributed by atoms with Gasteiger partial charge in [0.1, 0.15) is 0 Å². The van der Waals surface area contributed by atoms with E-state index >= 15 is 0 Å². The normalized spacial score (nSPS) is 14.8. The van der Waals surface area contributed by atoms with Crippen LogP contribution in [0.15, 0.2) is 87.2 Å². The fourth-order valence-corrected chi connectivity index (χ4v) is 13.0. The van der Waals surface area contributed by atoms with Crippen molar-refractivity contribution in [2.45, 2.75) is 404 Å². The molecule has 0 bridgehead atoms. The van der Waals surface area contributed by atoms with Crippen molar-refractivity contribution in [3.63, 3.8) is 0 Å². The highest BCUT2D eigenvalue weighted by atomic mass is 16.2. The van der Waals surface area contributed by atoms with Gasteiger partial charge in [0.05, 0.1) is 0 Å². The van der Waals surface area contributed by atoms with E-state index in [1.807, 2.05) is 0 Å². The van der Waals surface area contributed by atoms with Crippen molar-refractivity contribution in [1.29, 1.82) is 0 Å². The van der Waals surface area contributed by atoms with Crippen molar-refractivity contribution in [3.05, 3.63) is 138 Å². The van der Waals surface area contributed by atoms with Crippen molar-refractivity contribution in [3.8, 4) is 0 Å². The maximum Gasteiger partial charge on any atom is 0.336 e. The molecule has 11 nitrogen and oxygen atoms in total. The molecule has 1 heterocycles. The standard InChI is InChI=1S/C24H45N3O3.C23H47N3O2.C15H28.C15H16.C8H10.6CH4/c1-4-7-10-13-16-19-25-22(28)26(20-17-14-11-8-5-2)24(30)27(23(25)29)21-18-15-12-9-6-3;1-4-7-10-13-16-19-24-22(27)26(21-18-15-12-9-6-3)23(28)25-20-17-14-11-8-5-2;2*1-12-3-7-14(8-4-12)11-15-9-5-13(2)6-10-15;1-7-3-5-8(2)6-4-7;;;;;;/h4-21H2,1-3H3;4-21H2,1-3H3,(H,24,27)(H,25,28);12-15H,3-11H2,1-2H3;3-10H,11H2,1-2H3;3-6H,1-2H3;6*1H4. The highest BCUT2D eigenvalue weighted by Gasteiger charge is 2.25. The van der Waals surface area contributed by atoms with Crippen LogP contribution < -0.4 is 27.7 Å². The number of rotatable bonds is 40. The minimum absolute atomic E-state index is 0. The van der Waals surface area contributed by atoms with Gasteiger partial charge in [-0.25, -0.2) is 42.6 Å². The number of carbonyl (C=O) groups excluding carboxylic acids is 2. The minimum Gasteiger partial charge on any atom is -0.338 e. The molecular formula is C91H170N6O5. The zero-order valence-electron chi connectivity index (χ0n) is 64.1. The third-order valence-electron chi connectivity index (χ3n) is 19.7. The van der Waals surface area contributed by atoms with E-state index in [9.17, 15) is 24.0 Å². The van der Waals surface area contributed by atoms with Crippen molar-refractivity contribution >= 4 is 12.1 Å². The second-order valence-corrected chi connectivity index (χ2v) is 29.2. The Balaban J connectivity index is -0.000000399. The smallest absolute Gasteiger partial charge is 0.336 e. The van der Waals surface area contributed by atoms with Crippen LogP contribution in [0.2, 0.25) is 0 Å². The first-order chi connectivity index (χ1) is 46.5. The number of unbranched alkanes of at least 4 members (excludes halogenated alkanes) is 24. The average molecular weight is 1430 g/mol. The van der Waals surface area contributed by atoms with Crippen molar-refractivity contribution < 1.29 is 9.59 Å². The molecule has 2 aliphatic rings. The maximum atomic E-state index is 12.9. The summed E-state index contributed by atoms with van der Waals surface area (Å²) in [7, 11) is 0. The fourth-order valence-electron chi connectivity index (χ4n) is 13.0. The summed E-state index contributed by atoms with van der Waals surface area (Å²) in [5.41, 5.74) is 6.81. The number of aromatic nitrogens is 3. The van der Waals surface area contributed by atoms with Gasteiger partial charge in [0, 0.05) is 39.3 Å². The van der Waals surface area contributed by atoms with Crippen LogP contribution in [0.1, 0.15) is 384 Å². The number of benzene rings is 3. The second kappa shape index (κ2) is 68.9. The molecule has 0 unspecified atom stereocenters. The van der Waals surface area contributed by atoms with Gasteiger partial charge in [-0.2, -0.15) is 0 Å². The van der Waals surface area contributed by atoms with Crippen LogP contribution in [0.25, 0.3) is 0 Å². The molecule has 4 aromatic rings. The van der Waals surface area contributed by atoms with E-state index in [0.29, 0.717) is 39.3 Å². The molecule has 102 heavy (non-hydrogen) atoms. The molecule has 0 aliphatic heterocycles. The molecule has 594 valence electrons. The van der Waals surface area contributed by atoms with Gasteiger partial charge in [0.2, 0.25) is 0 Å². The van der Waals surface area contributed by atoms with Crippen LogP contribution in [0.4, 0.5) is 9.59 Å². The Kier molecular flexibility index (Phi) is 71.2. The van der Waals surface area contributed by atoms with Crippen LogP contribution in [-0.2, 0) is 26.1 Å². The summed E-state index contributed by atoms with van der Waals surface area (Å²) < 4.78 is 3.93. The Hall–Kier alpha value is -5.19. The number of aryl methyl sites for hydroxylation is 4. The third kappa shape index (κ3) is 50.3. The quantitative estimate of drug-likeness (QED) is 0.0429. The summed E-state index contributed by atoms with van der Waals surface area (Å²) in [5.74, 6) is 4.24. The van der Waals surface area contributed by atoms with E-state index < -0.39 is 17.1 Å². The van der Waals surface area contributed by atoms with Crippen LogP contribution in [0, 0.1) is 51.4 Å². The number of urea groups is 2. The predicted octanol–water partition coefficient (Wildman–Crippen LogP) is 26.7. The van der Waals surface area contributed by atoms with Gasteiger partial charge >= 0.3 is 29.1 Å². The van der Waals surface area contributed by atoms with E-state index in [4.69, 9.17) is 0 Å². The van der Waals surface area contributed by atoms with Crippen molar-refractivity contribution in [1.82, 2.24) is 29.2 Å². The van der Waals surface area contributed by atoms with Gasteiger partial charge in [-0.15, -0.1) is 0 Å². The van der Waals surface area contributed by atoms with Gasteiger partial charge in [0.15, 0.2) is 0 Å². The van der Waals surface area contributed by atoms with E-state index in [1.54, 1.807) is 6.42 Å². The number of hydrogen-bond acceptors (Lipinski definition) is 5. The summed E-state index contributed by atoms with van der Waals surface area (Å²) in [6, 6.07) is 25.5. The first-order valence-corrected chi connectivity index (χ1v) is 39.9. The number of carbonyl (C=O) groups is 2. The van der Waals surface area contributed by atoms with E-state index in [0.717, 1.165) is 146 Å². The molecule has 2 fully saturated rings. The summed E-state index contributed by atoms with van der Waals surface area (Å²) in [5, 5.41) is 5.87. The zero-order chi connectivity index (χ0) is 70.4. The molecule has 0 atom stereocenters. The van der Waals surface area contributed by atoms with Crippen molar-refractivity contribution in [2.24, 2.45) is 23.7 Å². The summed E-state index contributed by atoms with van der Waals surface area (Å²) in [6.45, 7) is 29.4. The molecule has 0 saturated heterocycles. The van der Waals surface area contributed by atoms with E-state index in [2.05, 4.69) is 167 Å². The summed E-state index contributed by atoms with van der Waals surface area (Å²) >= 11 is 0. The molecule has 4 amide bonds. The molecule has 11 heteroatoms. The lowest BCUT2D eigenvalue weighted by atomic mass is 9.74. The minimum atomic E-state index is -0.418. The first kappa shape index (κ1) is 105. The summed E-state index contributed by atoms with van der Waals surface area (Å²) in [4.78, 5) is 65.2. The second-order valence-electron chi connectivity index (χ2n) is 29.2. The molecule has 2 N–H and O–H groups in total. The molecule has 0 radical (unpaired) electrons. The largest absolute Gasteiger partial charge is 0.338 e. The fraction of sp³-hybridized carbons (Fsp3) is 0.747. The Morgan fingerprint density at radius 3 is 0.843 bits per heavy atom. The number of nitrogens with zero attached hydrogens (tertiary/aromatic N) is 4. The Labute approximate surface area is 632 Å². The monoisotopic (exact) mass is 1430 g/mol. The molecule has 0 spiro atoms. The van der Waals surface area contributed by atoms with E-state index in [1.165, 1.54) is 180 Å². The Morgan fingerprint density at radius 2 is 0.578 bits per heavy atom. The van der Waals surface area contributed by atoms with Gasteiger partial charge < -0.3 is 10.6 Å². The first-order valence-electron chi connectivity index (χ1n) is 39.9. The highest BCUT2D eigenvalue weighted by molar-refractivity contribution is 5.93. The number of nitrogens with one attached hydrogen (secondary N) is 2. The Morgan fingerprint density at radius 1 is 0.343 bits per heavy atom. The zero-order valence-corrected chi connectivity index (χ0v) is 64.1. The lowest BCUT2D eigenvalue weighted by Crippen LogP contribution is -2.54. The SMILES string of the molecule is C.C.C.C.C.C.CC1CCC(CC2CCC(C)CC2)CC1.CCCCCCCNC(=O)N(CCCCCCC)C(=O)NCCCCCCC.CCCCCCCn1c(=O)n(CCCCCCC)c(=O)n(CCCCCCC)c1=O.Cc1ccc(C)cc1.Cc1ccc(Cc2ccc(C)cc2)cc1. The van der Waals surface area contributed by atoms with Crippen LogP contribution >= 0.6 is 0 Å².